The van der Waals surface area contributed by atoms with Crippen molar-refractivity contribution >= 4 is 0 Å². The lowest BCUT2D eigenvalue weighted by Crippen LogP contribution is -2.22. The summed E-state index contributed by atoms with van der Waals surface area (Å²) in [7, 11) is 0. The van der Waals surface area contributed by atoms with E-state index >= 15 is 0 Å². The fourth-order valence-corrected chi connectivity index (χ4v) is 2.06. The van der Waals surface area contributed by atoms with Crippen LogP contribution in [0.15, 0.2) is 0 Å². The molecule has 2 aliphatic rings. The lowest BCUT2D eigenvalue weighted by molar-refractivity contribution is 0.00144. The molecule has 1 unspecified atom stereocenters. The molecule has 1 saturated heterocycles. The Balaban J connectivity index is 2.07. The lowest BCUT2D eigenvalue weighted by atomic mass is 9.98. The van der Waals surface area contributed by atoms with Crippen molar-refractivity contribution in [3.8, 4) is 0 Å². The van der Waals surface area contributed by atoms with Gasteiger partial charge in [0, 0.05) is 6.61 Å². The van der Waals surface area contributed by atoms with Gasteiger partial charge in [-0.2, -0.15) is 0 Å². The first-order chi connectivity index (χ1) is 4.22. The first-order valence-corrected chi connectivity index (χ1v) is 3.84. The Labute approximate surface area is 56.4 Å². The van der Waals surface area contributed by atoms with Gasteiger partial charge in [0.15, 0.2) is 0 Å². The predicted octanol–water partition coefficient (Wildman–Crippen LogP) is 1.82. The maximum atomic E-state index is 5.50. The topological polar surface area (TPSA) is 9.23 Å². The van der Waals surface area contributed by atoms with E-state index in [1.165, 1.54) is 12.8 Å². The molecule has 0 radical (unpaired) electrons. The second-order valence-corrected chi connectivity index (χ2v) is 3.79. The van der Waals surface area contributed by atoms with E-state index in [1.54, 1.807) is 0 Å². The van der Waals surface area contributed by atoms with E-state index in [0.717, 1.165) is 12.5 Å². The fraction of sp³-hybridized carbons (Fsp3) is 1.00. The molecule has 1 nitrogen and oxygen atoms in total. The van der Waals surface area contributed by atoms with Gasteiger partial charge in [0.25, 0.3) is 0 Å². The highest BCUT2D eigenvalue weighted by Gasteiger charge is 2.54. The van der Waals surface area contributed by atoms with Gasteiger partial charge < -0.3 is 4.74 Å². The molecule has 0 amide bonds. The van der Waals surface area contributed by atoms with E-state index in [0.29, 0.717) is 11.5 Å². The van der Waals surface area contributed by atoms with Crippen LogP contribution in [0.1, 0.15) is 26.7 Å². The summed E-state index contributed by atoms with van der Waals surface area (Å²) >= 11 is 0. The van der Waals surface area contributed by atoms with Crippen LogP contribution < -0.4 is 0 Å². The highest BCUT2D eigenvalue weighted by Crippen LogP contribution is 2.59. The van der Waals surface area contributed by atoms with E-state index in [-0.39, 0.29) is 0 Å². The summed E-state index contributed by atoms with van der Waals surface area (Å²) < 4.78 is 5.50. The molecule has 52 valence electrons. The Kier molecular flexibility index (Phi) is 0.963. The second kappa shape index (κ2) is 1.51. The zero-order chi connectivity index (χ0) is 6.48. The fourth-order valence-electron chi connectivity index (χ4n) is 2.06. The summed E-state index contributed by atoms with van der Waals surface area (Å²) in [5, 5.41) is 0. The normalized spacial score (nSPS) is 56.7. The molecule has 0 aromatic rings. The molecule has 9 heavy (non-hydrogen) atoms. The Morgan fingerprint density at radius 3 is 2.89 bits per heavy atom. The molecule has 0 aromatic heterocycles. The van der Waals surface area contributed by atoms with Gasteiger partial charge in [0.05, 0.1) is 6.10 Å². The van der Waals surface area contributed by atoms with Gasteiger partial charge in [-0.05, 0) is 31.1 Å². The van der Waals surface area contributed by atoms with Gasteiger partial charge in [0.1, 0.15) is 0 Å². The molecule has 0 spiro atoms. The molecule has 0 bridgehead atoms. The first-order valence-electron chi connectivity index (χ1n) is 3.84. The maximum Gasteiger partial charge on any atom is 0.0580 e. The molecule has 3 atom stereocenters. The van der Waals surface area contributed by atoms with Crippen molar-refractivity contribution in [2.75, 3.05) is 6.61 Å². The molecule has 1 aliphatic heterocycles. The third kappa shape index (κ3) is 0.710. The Bertz CT molecular complexity index is 133. The third-order valence-electron chi connectivity index (χ3n) is 3.04. The van der Waals surface area contributed by atoms with Crippen LogP contribution in [0.25, 0.3) is 0 Å². The van der Waals surface area contributed by atoms with E-state index in [4.69, 9.17) is 4.74 Å². The minimum atomic E-state index is 0.545. The molecule has 0 aromatic carbocycles. The van der Waals surface area contributed by atoms with Crippen LogP contribution in [0.3, 0.4) is 0 Å². The molecule has 1 saturated carbocycles. The summed E-state index contributed by atoms with van der Waals surface area (Å²) in [5.41, 5.74) is 0.692. The number of ether oxygens (including phenoxy) is 1. The van der Waals surface area contributed by atoms with Gasteiger partial charge in [-0.3, -0.25) is 0 Å². The van der Waals surface area contributed by atoms with E-state index in [9.17, 15) is 0 Å². The summed E-state index contributed by atoms with van der Waals surface area (Å²) in [6.07, 6.45) is 3.25. The van der Waals surface area contributed by atoms with E-state index < -0.39 is 0 Å². The summed E-state index contributed by atoms with van der Waals surface area (Å²) in [4.78, 5) is 0. The molecule has 1 aliphatic carbocycles. The average Bonchev–Trinajstić information content (AvgIpc) is 2.43. The van der Waals surface area contributed by atoms with Crippen molar-refractivity contribution in [3.05, 3.63) is 0 Å². The van der Waals surface area contributed by atoms with Crippen LogP contribution in [-0.4, -0.2) is 12.7 Å². The maximum absolute atomic E-state index is 5.50. The highest BCUT2D eigenvalue weighted by atomic mass is 16.5. The minimum absolute atomic E-state index is 0.545. The smallest absolute Gasteiger partial charge is 0.0580 e. The average molecular weight is 126 g/mol. The number of rotatable bonds is 0. The van der Waals surface area contributed by atoms with Crippen molar-refractivity contribution in [2.45, 2.75) is 32.8 Å². The Morgan fingerprint density at radius 2 is 2.33 bits per heavy atom. The molecule has 2 fully saturated rings. The van der Waals surface area contributed by atoms with Gasteiger partial charge in [0.2, 0.25) is 0 Å². The van der Waals surface area contributed by atoms with Crippen LogP contribution in [0.2, 0.25) is 0 Å². The first kappa shape index (κ1) is 5.72. The summed E-state index contributed by atoms with van der Waals surface area (Å²) in [5.74, 6) is 0.895. The van der Waals surface area contributed by atoms with Crippen molar-refractivity contribution in [2.24, 2.45) is 11.3 Å². The number of fused-ring (bicyclic) bond motifs is 1. The molecule has 1 heterocycles. The third-order valence-corrected chi connectivity index (χ3v) is 3.04. The molecule has 0 N–H and O–H groups in total. The SMILES string of the molecule is C[C@H]1OCCC2(C)C[C@@H]12. The lowest BCUT2D eigenvalue weighted by Gasteiger charge is -2.23. The second-order valence-electron chi connectivity index (χ2n) is 3.79. The summed E-state index contributed by atoms with van der Waals surface area (Å²) in [6, 6.07) is 0. The molecular weight excluding hydrogens is 112 g/mol. The van der Waals surface area contributed by atoms with Gasteiger partial charge >= 0.3 is 0 Å². The van der Waals surface area contributed by atoms with Gasteiger partial charge in [-0.1, -0.05) is 6.92 Å². The van der Waals surface area contributed by atoms with Crippen molar-refractivity contribution < 1.29 is 4.74 Å². The van der Waals surface area contributed by atoms with Crippen LogP contribution in [-0.2, 0) is 4.74 Å². The molecule has 2 rings (SSSR count). The van der Waals surface area contributed by atoms with E-state index in [1.807, 2.05) is 0 Å². The van der Waals surface area contributed by atoms with E-state index in [2.05, 4.69) is 13.8 Å². The highest BCUT2D eigenvalue weighted by molar-refractivity contribution is 5.03. The van der Waals surface area contributed by atoms with Crippen LogP contribution >= 0.6 is 0 Å². The van der Waals surface area contributed by atoms with Crippen molar-refractivity contribution in [1.82, 2.24) is 0 Å². The monoisotopic (exact) mass is 126 g/mol. The van der Waals surface area contributed by atoms with Crippen LogP contribution in [0, 0.1) is 11.3 Å². The zero-order valence-corrected chi connectivity index (χ0v) is 6.18. The Morgan fingerprint density at radius 1 is 1.56 bits per heavy atom. The number of hydrogen-bond donors (Lipinski definition) is 0. The van der Waals surface area contributed by atoms with Crippen LogP contribution in [0.5, 0.6) is 0 Å². The Hall–Kier alpha value is -0.0400. The minimum Gasteiger partial charge on any atom is -0.378 e. The van der Waals surface area contributed by atoms with Gasteiger partial charge in [-0.25, -0.2) is 0 Å². The van der Waals surface area contributed by atoms with Crippen molar-refractivity contribution in [3.63, 3.8) is 0 Å². The molecule has 1 heteroatoms. The molecular formula is C8H14O. The predicted molar refractivity (Wildman–Crippen MR) is 36.2 cm³/mol. The largest absolute Gasteiger partial charge is 0.378 e. The number of hydrogen-bond acceptors (Lipinski definition) is 1. The quantitative estimate of drug-likeness (QED) is 0.481. The standard InChI is InChI=1S/C8H14O/c1-6-7-5-8(7,2)3-4-9-6/h6-7H,3-5H2,1-2H3/t6-,7+,8?/m1/s1. The summed E-state index contributed by atoms with van der Waals surface area (Å²) in [6.45, 7) is 5.58. The van der Waals surface area contributed by atoms with Gasteiger partial charge in [-0.15, -0.1) is 0 Å². The zero-order valence-electron chi connectivity index (χ0n) is 6.18. The van der Waals surface area contributed by atoms with Crippen LogP contribution in [0.4, 0.5) is 0 Å². The van der Waals surface area contributed by atoms with Crippen molar-refractivity contribution in [1.29, 1.82) is 0 Å².